The molecule has 0 saturated heterocycles. The Bertz CT molecular complexity index is 504. The fourth-order valence-corrected chi connectivity index (χ4v) is 1.57. The molecule has 0 aromatic heterocycles. The van der Waals surface area contributed by atoms with Crippen LogP contribution in [0.5, 0.6) is 0 Å². The van der Waals surface area contributed by atoms with Gasteiger partial charge in [0.2, 0.25) is 5.90 Å². The molecule has 0 aliphatic heterocycles. The zero-order valence-electron chi connectivity index (χ0n) is 11.0. The minimum Gasteiger partial charge on any atom is -0.470 e. The molecule has 1 N–H and O–H groups in total. The predicted octanol–water partition coefficient (Wildman–Crippen LogP) is 1.86. The lowest BCUT2D eigenvalue weighted by Gasteiger charge is -2.10. The van der Waals surface area contributed by atoms with Gasteiger partial charge in [-0.1, -0.05) is 6.07 Å². The van der Waals surface area contributed by atoms with Crippen LogP contribution in [0.25, 0.3) is 0 Å². The van der Waals surface area contributed by atoms with Crippen LogP contribution >= 0.6 is 0 Å². The van der Waals surface area contributed by atoms with E-state index in [1.165, 1.54) is 6.07 Å². The molecule has 0 aliphatic rings. The maximum atomic E-state index is 12.2. The number of nitrogens with one attached hydrogen (secondary N) is 1. The average molecular weight is 283 g/mol. The third-order valence-electron chi connectivity index (χ3n) is 2.39. The minimum absolute atomic E-state index is 0.0978. The standard InChI is InChI=1S/C13H15F2N3O2/c1-16-6-10-4-3-9(5-11(10)7-19)13(18-17-2)20-8-12(14)15/h3-5,7,12,16H,2,6,8H2,1H3/b18-13-. The Kier molecular flexibility index (Phi) is 6.45. The lowest BCUT2D eigenvalue weighted by molar-refractivity contribution is 0.0765. The summed E-state index contributed by atoms with van der Waals surface area (Å²) in [5.41, 5.74) is 1.60. The second-order valence-corrected chi connectivity index (χ2v) is 3.81. The molecule has 0 radical (unpaired) electrons. The molecular formula is C13H15F2N3O2. The molecule has 20 heavy (non-hydrogen) atoms. The Morgan fingerprint density at radius 2 is 2.30 bits per heavy atom. The topological polar surface area (TPSA) is 63.1 Å². The number of hydrogen-bond donors (Lipinski definition) is 1. The van der Waals surface area contributed by atoms with Crippen molar-refractivity contribution in [2.45, 2.75) is 13.0 Å². The van der Waals surface area contributed by atoms with Crippen LogP contribution in [-0.4, -0.2) is 39.0 Å². The monoisotopic (exact) mass is 283 g/mol. The first-order valence-corrected chi connectivity index (χ1v) is 5.80. The van der Waals surface area contributed by atoms with E-state index in [1.807, 2.05) is 0 Å². The predicted molar refractivity (Wildman–Crippen MR) is 72.6 cm³/mol. The molecule has 0 saturated carbocycles. The van der Waals surface area contributed by atoms with Crippen molar-refractivity contribution in [1.82, 2.24) is 5.32 Å². The molecule has 108 valence electrons. The van der Waals surface area contributed by atoms with Crippen LogP contribution in [0.3, 0.4) is 0 Å². The maximum absolute atomic E-state index is 12.2. The van der Waals surface area contributed by atoms with Crippen molar-refractivity contribution in [3.8, 4) is 0 Å². The number of ether oxygens (including phenoxy) is 1. The van der Waals surface area contributed by atoms with Gasteiger partial charge >= 0.3 is 0 Å². The number of carbonyl (C=O) groups excluding carboxylic acids is 1. The number of carbonyl (C=O) groups is 1. The first-order chi connectivity index (χ1) is 9.62. The molecule has 1 aromatic rings. The fraction of sp³-hybridized carbons (Fsp3) is 0.308. The summed E-state index contributed by atoms with van der Waals surface area (Å²) in [6.45, 7) is 2.87. The number of rotatable bonds is 7. The fourth-order valence-electron chi connectivity index (χ4n) is 1.57. The van der Waals surface area contributed by atoms with Crippen molar-refractivity contribution in [2.75, 3.05) is 13.7 Å². The number of aldehydes is 1. The van der Waals surface area contributed by atoms with Gasteiger partial charge in [-0.25, -0.2) is 8.78 Å². The number of alkyl halides is 2. The molecule has 0 bridgehead atoms. The zero-order valence-corrected chi connectivity index (χ0v) is 11.0. The van der Waals surface area contributed by atoms with Crippen LogP contribution < -0.4 is 5.32 Å². The molecule has 7 heteroatoms. The van der Waals surface area contributed by atoms with Gasteiger partial charge in [-0.15, -0.1) is 5.10 Å². The average Bonchev–Trinajstić information content (AvgIpc) is 2.44. The molecule has 0 atom stereocenters. The molecule has 0 unspecified atom stereocenters. The third kappa shape index (κ3) is 4.51. The highest BCUT2D eigenvalue weighted by Crippen LogP contribution is 2.13. The number of hydrogen-bond acceptors (Lipinski definition) is 5. The summed E-state index contributed by atoms with van der Waals surface area (Å²) >= 11 is 0. The number of nitrogens with zero attached hydrogens (tertiary/aromatic N) is 2. The second kappa shape index (κ2) is 8.11. The van der Waals surface area contributed by atoms with E-state index in [0.717, 1.165) is 5.56 Å². The van der Waals surface area contributed by atoms with Gasteiger partial charge in [0.1, 0.15) is 6.29 Å². The van der Waals surface area contributed by atoms with E-state index in [9.17, 15) is 13.6 Å². The Morgan fingerprint density at radius 3 is 2.85 bits per heavy atom. The lowest BCUT2D eigenvalue weighted by atomic mass is 10.0. The largest absolute Gasteiger partial charge is 0.470 e. The van der Waals surface area contributed by atoms with E-state index in [2.05, 4.69) is 22.2 Å². The van der Waals surface area contributed by atoms with Gasteiger partial charge in [0.15, 0.2) is 6.61 Å². The Balaban J connectivity index is 3.05. The van der Waals surface area contributed by atoms with Gasteiger partial charge < -0.3 is 10.1 Å². The molecule has 0 heterocycles. The highest BCUT2D eigenvalue weighted by atomic mass is 19.3. The van der Waals surface area contributed by atoms with Crippen molar-refractivity contribution in [1.29, 1.82) is 0 Å². The summed E-state index contributed by atoms with van der Waals surface area (Å²) in [6, 6.07) is 4.82. The van der Waals surface area contributed by atoms with Crippen molar-refractivity contribution in [2.24, 2.45) is 10.2 Å². The SMILES string of the molecule is C=N/N=C(\OCC(F)F)c1ccc(CNC)c(C=O)c1. The molecule has 1 rings (SSSR count). The minimum atomic E-state index is -2.63. The highest BCUT2D eigenvalue weighted by Gasteiger charge is 2.12. The van der Waals surface area contributed by atoms with Crippen LogP contribution in [0.4, 0.5) is 8.78 Å². The van der Waals surface area contributed by atoms with E-state index in [4.69, 9.17) is 4.74 Å². The lowest BCUT2D eigenvalue weighted by Crippen LogP contribution is -2.14. The molecular weight excluding hydrogens is 268 g/mol. The van der Waals surface area contributed by atoms with Gasteiger partial charge in [0.05, 0.1) is 0 Å². The normalized spacial score (nSPS) is 11.5. The molecule has 0 aliphatic carbocycles. The highest BCUT2D eigenvalue weighted by molar-refractivity contribution is 5.96. The Hall–Kier alpha value is -2.15. The van der Waals surface area contributed by atoms with Crippen molar-refractivity contribution < 1.29 is 18.3 Å². The van der Waals surface area contributed by atoms with Gasteiger partial charge in [0, 0.05) is 24.4 Å². The van der Waals surface area contributed by atoms with Crippen LogP contribution in [0.15, 0.2) is 28.4 Å². The summed E-state index contributed by atoms with van der Waals surface area (Å²) < 4.78 is 29.2. The molecule has 5 nitrogen and oxygen atoms in total. The van der Waals surface area contributed by atoms with E-state index < -0.39 is 13.0 Å². The van der Waals surface area contributed by atoms with Crippen molar-refractivity contribution >= 4 is 18.9 Å². The van der Waals surface area contributed by atoms with Crippen LogP contribution in [0, 0.1) is 0 Å². The van der Waals surface area contributed by atoms with Crippen molar-refractivity contribution in [3.63, 3.8) is 0 Å². The third-order valence-corrected chi connectivity index (χ3v) is 2.39. The van der Waals surface area contributed by atoms with E-state index >= 15 is 0 Å². The van der Waals surface area contributed by atoms with Crippen molar-refractivity contribution in [3.05, 3.63) is 34.9 Å². The van der Waals surface area contributed by atoms with E-state index in [0.29, 0.717) is 24.0 Å². The van der Waals surface area contributed by atoms with Gasteiger partial charge in [-0.2, -0.15) is 5.10 Å². The molecule has 0 fully saturated rings. The molecule has 1 aromatic carbocycles. The van der Waals surface area contributed by atoms with Crippen LogP contribution in [0.1, 0.15) is 21.5 Å². The van der Waals surface area contributed by atoms with Gasteiger partial charge in [-0.3, -0.25) is 4.79 Å². The summed E-state index contributed by atoms with van der Waals surface area (Å²) in [5, 5.41) is 9.76. The summed E-state index contributed by atoms with van der Waals surface area (Å²) in [6.07, 6.45) is -1.94. The number of halogens is 2. The maximum Gasteiger partial charge on any atom is 0.272 e. The van der Waals surface area contributed by atoms with Crippen LogP contribution in [0.2, 0.25) is 0 Å². The molecule has 0 spiro atoms. The zero-order chi connectivity index (χ0) is 15.0. The Morgan fingerprint density at radius 1 is 1.55 bits per heavy atom. The molecule has 0 amide bonds. The first kappa shape index (κ1) is 15.9. The summed E-state index contributed by atoms with van der Waals surface area (Å²) in [4.78, 5) is 11.0. The van der Waals surface area contributed by atoms with Gasteiger partial charge in [-0.05, 0) is 24.7 Å². The number of benzene rings is 1. The first-order valence-electron chi connectivity index (χ1n) is 5.80. The van der Waals surface area contributed by atoms with Gasteiger partial charge in [0.25, 0.3) is 6.43 Å². The quantitative estimate of drug-likeness (QED) is 0.359. The summed E-state index contributed by atoms with van der Waals surface area (Å²) in [5.74, 6) is -0.0978. The second-order valence-electron chi connectivity index (χ2n) is 3.81. The smallest absolute Gasteiger partial charge is 0.272 e. The van der Waals surface area contributed by atoms with E-state index in [1.54, 1.807) is 19.2 Å². The Labute approximate surface area is 115 Å². The van der Waals surface area contributed by atoms with Crippen LogP contribution in [-0.2, 0) is 11.3 Å². The van der Waals surface area contributed by atoms with E-state index in [-0.39, 0.29) is 5.90 Å². The summed E-state index contributed by atoms with van der Waals surface area (Å²) in [7, 11) is 1.75.